The van der Waals surface area contributed by atoms with E-state index in [9.17, 15) is 4.39 Å². The Morgan fingerprint density at radius 1 is 1.28 bits per heavy atom. The number of nitriles is 1. The molecule has 0 saturated carbocycles. The molecule has 0 atom stereocenters. The molecule has 0 radical (unpaired) electrons. The van der Waals surface area contributed by atoms with Gasteiger partial charge >= 0.3 is 0 Å². The molecule has 5 heteroatoms. The minimum absolute atomic E-state index is 0.283. The van der Waals surface area contributed by atoms with Crippen LogP contribution in [-0.4, -0.2) is 0 Å². The van der Waals surface area contributed by atoms with Crippen molar-refractivity contribution in [1.82, 2.24) is 5.32 Å². The second kappa shape index (κ2) is 6.10. The van der Waals surface area contributed by atoms with Crippen molar-refractivity contribution in [2.24, 2.45) is 0 Å². The fourth-order valence-corrected chi connectivity index (χ4v) is 3.00. The van der Waals surface area contributed by atoms with E-state index in [1.165, 1.54) is 17.0 Å². The fourth-order valence-electron chi connectivity index (χ4n) is 1.55. The number of hydrogen-bond donors (Lipinski definition) is 1. The van der Waals surface area contributed by atoms with Gasteiger partial charge in [-0.3, -0.25) is 0 Å². The normalized spacial score (nSPS) is 10.3. The third-order valence-corrected chi connectivity index (χ3v) is 4.04. The van der Waals surface area contributed by atoms with E-state index in [1.807, 2.05) is 18.2 Å². The molecule has 0 unspecified atom stereocenters. The summed E-state index contributed by atoms with van der Waals surface area (Å²) in [6.45, 7) is 1.10. The van der Waals surface area contributed by atoms with Crippen LogP contribution in [0.15, 0.2) is 34.1 Å². The van der Waals surface area contributed by atoms with Gasteiger partial charge in [0.05, 0.1) is 15.4 Å². The molecule has 1 N–H and O–H groups in total. The molecule has 1 heterocycles. The minimum atomic E-state index is -0.283. The van der Waals surface area contributed by atoms with Crippen LogP contribution in [0.3, 0.4) is 0 Å². The summed E-state index contributed by atoms with van der Waals surface area (Å²) in [5, 5.41) is 11.9. The lowest BCUT2D eigenvalue weighted by Crippen LogP contribution is -2.13. The Balaban J connectivity index is 1.96. The molecule has 0 aliphatic heterocycles. The van der Waals surface area contributed by atoms with Crippen molar-refractivity contribution in [1.29, 1.82) is 5.26 Å². The molecule has 1 aromatic carbocycles. The van der Waals surface area contributed by atoms with Crippen LogP contribution < -0.4 is 5.32 Å². The first-order chi connectivity index (χ1) is 8.69. The summed E-state index contributed by atoms with van der Waals surface area (Å²) in [6, 6.07) is 10.4. The first kappa shape index (κ1) is 13.2. The Morgan fingerprint density at radius 2 is 2.11 bits per heavy atom. The van der Waals surface area contributed by atoms with Crippen molar-refractivity contribution in [2.75, 3.05) is 0 Å². The lowest BCUT2D eigenvalue weighted by atomic mass is 10.1. The standard InChI is InChI=1S/C13H10BrFN2S/c14-13-4-2-11(18-13)8-17-7-10-5-9(6-16)1-3-12(10)15/h1-5,17H,7-8H2. The van der Waals surface area contributed by atoms with Crippen LogP contribution in [-0.2, 0) is 13.1 Å². The average molecular weight is 325 g/mol. The van der Waals surface area contributed by atoms with E-state index < -0.39 is 0 Å². The molecule has 92 valence electrons. The maximum Gasteiger partial charge on any atom is 0.127 e. The lowest BCUT2D eigenvalue weighted by Gasteiger charge is -2.05. The topological polar surface area (TPSA) is 35.8 Å². The highest BCUT2D eigenvalue weighted by Crippen LogP contribution is 2.21. The van der Waals surface area contributed by atoms with Gasteiger partial charge in [0.25, 0.3) is 0 Å². The fraction of sp³-hybridized carbons (Fsp3) is 0.154. The van der Waals surface area contributed by atoms with Crippen LogP contribution >= 0.6 is 27.3 Å². The molecule has 2 aromatic rings. The zero-order valence-electron chi connectivity index (χ0n) is 9.41. The highest BCUT2D eigenvalue weighted by atomic mass is 79.9. The third kappa shape index (κ3) is 3.39. The number of halogens is 2. The van der Waals surface area contributed by atoms with Crippen LogP contribution in [0.25, 0.3) is 0 Å². The second-order valence-electron chi connectivity index (χ2n) is 3.73. The predicted octanol–water partition coefficient (Wildman–Crippen LogP) is 3.81. The Bertz CT molecular complexity index is 589. The summed E-state index contributed by atoms with van der Waals surface area (Å²) in [6.07, 6.45) is 0. The number of nitrogens with one attached hydrogen (secondary N) is 1. The Kier molecular flexibility index (Phi) is 4.48. The molecule has 0 amide bonds. The van der Waals surface area contributed by atoms with Gasteiger partial charge in [-0.25, -0.2) is 4.39 Å². The molecule has 0 fully saturated rings. The van der Waals surface area contributed by atoms with Crippen LogP contribution in [0.5, 0.6) is 0 Å². The largest absolute Gasteiger partial charge is 0.308 e. The number of thiophene rings is 1. The van der Waals surface area contributed by atoms with Crippen molar-refractivity contribution >= 4 is 27.3 Å². The molecule has 0 saturated heterocycles. The quantitative estimate of drug-likeness (QED) is 0.928. The lowest BCUT2D eigenvalue weighted by molar-refractivity contribution is 0.589. The number of rotatable bonds is 4. The van der Waals surface area contributed by atoms with E-state index in [4.69, 9.17) is 5.26 Å². The van der Waals surface area contributed by atoms with Gasteiger partial charge in [0.2, 0.25) is 0 Å². The molecular weight excluding hydrogens is 315 g/mol. The van der Waals surface area contributed by atoms with E-state index >= 15 is 0 Å². The van der Waals surface area contributed by atoms with Crippen molar-refractivity contribution in [2.45, 2.75) is 13.1 Å². The van der Waals surface area contributed by atoms with Crippen LogP contribution in [0, 0.1) is 17.1 Å². The molecule has 0 aliphatic rings. The summed E-state index contributed by atoms with van der Waals surface area (Å²) in [7, 11) is 0. The first-order valence-corrected chi connectivity index (χ1v) is 6.93. The van der Waals surface area contributed by atoms with E-state index in [0.29, 0.717) is 24.2 Å². The smallest absolute Gasteiger partial charge is 0.127 e. The van der Waals surface area contributed by atoms with E-state index in [0.717, 1.165) is 3.79 Å². The van der Waals surface area contributed by atoms with Crippen molar-refractivity contribution < 1.29 is 4.39 Å². The van der Waals surface area contributed by atoms with E-state index in [1.54, 1.807) is 17.4 Å². The Hall–Kier alpha value is -1.22. The van der Waals surface area contributed by atoms with Gasteiger partial charge in [0.15, 0.2) is 0 Å². The number of nitrogens with zero attached hydrogens (tertiary/aromatic N) is 1. The molecule has 2 rings (SSSR count). The number of benzene rings is 1. The zero-order chi connectivity index (χ0) is 13.0. The Morgan fingerprint density at radius 3 is 2.78 bits per heavy atom. The maximum absolute atomic E-state index is 13.5. The van der Waals surface area contributed by atoms with Gasteiger partial charge in [-0.1, -0.05) is 0 Å². The van der Waals surface area contributed by atoms with Gasteiger partial charge in [-0.15, -0.1) is 11.3 Å². The molecule has 0 spiro atoms. The average Bonchev–Trinajstić information content (AvgIpc) is 2.77. The molecular formula is C13H10BrFN2S. The van der Waals surface area contributed by atoms with Gasteiger partial charge in [0.1, 0.15) is 5.82 Å². The van der Waals surface area contributed by atoms with Crippen molar-refractivity contribution in [3.05, 3.63) is 55.9 Å². The molecule has 0 bridgehead atoms. The van der Waals surface area contributed by atoms with Crippen LogP contribution in [0.1, 0.15) is 16.0 Å². The highest BCUT2D eigenvalue weighted by Gasteiger charge is 2.04. The van der Waals surface area contributed by atoms with Crippen molar-refractivity contribution in [3.63, 3.8) is 0 Å². The monoisotopic (exact) mass is 324 g/mol. The highest BCUT2D eigenvalue weighted by molar-refractivity contribution is 9.11. The van der Waals surface area contributed by atoms with Gasteiger partial charge < -0.3 is 5.32 Å². The molecule has 18 heavy (non-hydrogen) atoms. The second-order valence-corrected chi connectivity index (χ2v) is 6.27. The third-order valence-electron chi connectivity index (χ3n) is 2.42. The van der Waals surface area contributed by atoms with Crippen LogP contribution in [0.2, 0.25) is 0 Å². The van der Waals surface area contributed by atoms with Gasteiger partial charge in [0, 0.05) is 23.5 Å². The minimum Gasteiger partial charge on any atom is -0.308 e. The SMILES string of the molecule is N#Cc1ccc(F)c(CNCc2ccc(Br)s2)c1. The first-order valence-electron chi connectivity index (χ1n) is 5.32. The van der Waals surface area contributed by atoms with E-state index in [2.05, 4.69) is 21.2 Å². The Labute approximate surface area is 117 Å². The van der Waals surface area contributed by atoms with Crippen molar-refractivity contribution in [3.8, 4) is 6.07 Å². The number of hydrogen-bond acceptors (Lipinski definition) is 3. The summed E-state index contributed by atoms with van der Waals surface area (Å²) in [5.41, 5.74) is 0.997. The van der Waals surface area contributed by atoms with Gasteiger partial charge in [-0.2, -0.15) is 5.26 Å². The summed E-state index contributed by atoms with van der Waals surface area (Å²) in [4.78, 5) is 1.18. The predicted molar refractivity (Wildman–Crippen MR) is 73.7 cm³/mol. The van der Waals surface area contributed by atoms with E-state index in [-0.39, 0.29) is 5.82 Å². The summed E-state index contributed by atoms with van der Waals surface area (Å²) >= 11 is 5.04. The molecule has 2 nitrogen and oxygen atoms in total. The van der Waals surface area contributed by atoms with Gasteiger partial charge in [-0.05, 0) is 46.3 Å². The molecule has 0 aliphatic carbocycles. The summed E-state index contributed by atoms with van der Waals surface area (Å²) in [5.74, 6) is -0.283. The molecule has 1 aromatic heterocycles. The summed E-state index contributed by atoms with van der Waals surface area (Å²) < 4.78 is 14.6. The van der Waals surface area contributed by atoms with Crippen LogP contribution in [0.4, 0.5) is 4.39 Å². The maximum atomic E-state index is 13.5. The zero-order valence-corrected chi connectivity index (χ0v) is 11.8.